The number of anilines is 1. The highest BCUT2D eigenvalue weighted by molar-refractivity contribution is 5.64. The molecule has 4 rings (SSSR count). The second-order valence-corrected chi connectivity index (χ2v) is 7.17. The number of rotatable bonds is 9. The molecule has 0 saturated carbocycles. The maximum absolute atomic E-state index is 14.5. The first-order valence-electron chi connectivity index (χ1n) is 10.2. The molecule has 3 N–H and O–H groups in total. The molecule has 2 unspecified atom stereocenters. The summed E-state index contributed by atoms with van der Waals surface area (Å²) < 4.78 is 27.5. The molecule has 31 heavy (non-hydrogen) atoms. The highest BCUT2D eigenvalue weighted by atomic mass is 19.1. The van der Waals surface area contributed by atoms with Crippen LogP contribution in [0.15, 0.2) is 53.1 Å². The van der Waals surface area contributed by atoms with Crippen LogP contribution in [0.4, 0.5) is 10.2 Å². The Labute approximate surface area is 180 Å². The van der Waals surface area contributed by atoms with Crippen molar-refractivity contribution in [1.82, 2.24) is 25.4 Å². The zero-order chi connectivity index (χ0) is 21.6. The molecule has 9 nitrogen and oxygen atoms in total. The quantitative estimate of drug-likeness (QED) is 0.416. The molecular formula is C21H26FN7O2. The van der Waals surface area contributed by atoms with Crippen molar-refractivity contribution in [2.45, 2.75) is 25.5 Å². The van der Waals surface area contributed by atoms with Gasteiger partial charge in [-0.2, -0.15) is 5.10 Å². The normalized spacial score (nSPS) is 19.7. The lowest BCUT2D eigenvalue weighted by Gasteiger charge is -2.29. The second kappa shape index (κ2) is 9.61. The summed E-state index contributed by atoms with van der Waals surface area (Å²) in [6.45, 7) is 3.99. The van der Waals surface area contributed by atoms with E-state index >= 15 is 0 Å². The van der Waals surface area contributed by atoms with E-state index in [-0.39, 0.29) is 18.0 Å². The molecule has 2 aromatic rings. The predicted molar refractivity (Wildman–Crippen MR) is 116 cm³/mol. The topological polar surface area (TPSA) is 97.6 Å². The molecular weight excluding hydrogens is 401 g/mol. The number of nitrogens with zero attached hydrogens (tertiary/aromatic N) is 4. The van der Waals surface area contributed by atoms with Crippen LogP contribution in [-0.2, 0) is 7.05 Å². The van der Waals surface area contributed by atoms with E-state index in [9.17, 15) is 4.39 Å². The van der Waals surface area contributed by atoms with Gasteiger partial charge in [-0.3, -0.25) is 9.67 Å². The Morgan fingerprint density at radius 2 is 2.26 bits per heavy atom. The summed E-state index contributed by atoms with van der Waals surface area (Å²) in [6, 6.07) is 3.07. The number of halogens is 1. The van der Waals surface area contributed by atoms with Crippen LogP contribution < -0.4 is 25.4 Å². The van der Waals surface area contributed by atoms with Gasteiger partial charge in [-0.1, -0.05) is 13.0 Å². The molecule has 0 bridgehead atoms. The summed E-state index contributed by atoms with van der Waals surface area (Å²) in [5, 5.41) is 13.9. The number of aromatic nitrogens is 3. The van der Waals surface area contributed by atoms with Gasteiger partial charge in [0.15, 0.2) is 11.6 Å². The molecule has 10 heteroatoms. The van der Waals surface area contributed by atoms with Crippen molar-refractivity contribution < 1.29 is 13.9 Å². The van der Waals surface area contributed by atoms with E-state index in [0.29, 0.717) is 25.3 Å². The lowest BCUT2D eigenvalue weighted by atomic mass is 9.93. The molecule has 164 valence electrons. The van der Waals surface area contributed by atoms with Gasteiger partial charge >= 0.3 is 0 Å². The third kappa shape index (κ3) is 5.21. The summed E-state index contributed by atoms with van der Waals surface area (Å²) in [7, 11) is 1.86. The van der Waals surface area contributed by atoms with Crippen LogP contribution in [0.1, 0.15) is 13.3 Å². The highest BCUT2D eigenvalue weighted by Crippen LogP contribution is 2.29. The number of hydrogen-bond donors (Lipinski definition) is 3. The molecule has 0 aromatic carbocycles. The van der Waals surface area contributed by atoms with Crippen LogP contribution in [0.25, 0.3) is 0 Å². The molecule has 0 saturated heterocycles. The largest absolute Gasteiger partial charge is 0.491 e. The van der Waals surface area contributed by atoms with Gasteiger partial charge in [0, 0.05) is 43.9 Å². The van der Waals surface area contributed by atoms with E-state index < -0.39 is 5.82 Å². The molecule has 0 amide bonds. The SMILES string of the molecule is CCNCCOc1cnc(OC2C=CC3N=CNC(Nc4ccn(C)n4)=C3C2)c(F)c1. The van der Waals surface area contributed by atoms with Crippen LogP contribution in [0, 0.1) is 5.82 Å². The lowest BCUT2D eigenvalue weighted by molar-refractivity contribution is 0.220. The Bertz CT molecular complexity index is 1000. The minimum atomic E-state index is -0.558. The third-order valence-electron chi connectivity index (χ3n) is 4.86. The van der Waals surface area contributed by atoms with Gasteiger partial charge < -0.3 is 25.4 Å². The number of fused-ring (bicyclic) bond motifs is 1. The van der Waals surface area contributed by atoms with Crippen molar-refractivity contribution in [1.29, 1.82) is 0 Å². The average molecular weight is 427 g/mol. The van der Waals surface area contributed by atoms with Crippen molar-refractivity contribution in [3.8, 4) is 11.6 Å². The van der Waals surface area contributed by atoms with Crippen LogP contribution in [0.2, 0.25) is 0 Å². The first-order chi connectivity index (χ1) is 15.1. The van der Waals surface area contributed by atoms with Crippen molar-refractivity contribution in [2.24, 2.45) is 12.0 Å². The number of aliphatic imine (C=N–C) groups is 1. The minimum Gasteiger partial charge on any atom is -0.491 e. The monoisotopic (exact) mass is 427 g/mol. The zero-order valence-corrected chi connectivity index (χ0v) is 17.5. The molecule has 1 aliphatic carbocycles. The fourth-order valence-electron chi connectivity index (χ4n) is 3.36. The standard InChI is InChI=1S/C21H26FN7O2/c1-3-23-7-9-30-15-11-17(22)21(24-12-15)31-14-4-5-18-16(10-14)20(26-13-25-18)27-19-6-8-29(2)28-19/h4-6,8,11-14,18,23H,3,7,9-10H2,1-2H3,(H,25,26)(H,27,28). The summed E-state index contributed by atoms with van der Waals surface area (Å²) in [5.74, 6) is 1.28. The van der Waals surface area contributed by atoms with Gasteiger partial charge in [-0.25, -0.2) is 9.37 Å². The van der Waals surface area contributed by atoms with Crippen LogP contribution >= 0.6 is 0 Å². The first kappa shape index (κ1) is 20.9. The highest BCUT2D eigenvalue weighted by Gasteiger charge is 2.27. The van der Waals surface area contributed by atoms with E-state index in [4.69, 9.17) is 9.47 Å². The van der Waals surface area contributed by atoms with Gasteiger partial charge in [0.05, 0.1) is 18.6 Å². The Kier molecular flexibility index (Phi) is 6.46. The average Bonchev–Trinajstić information content (AvgIpc) is 3.18. The van der Waals surface area contributed by atoms with Crippen LogP contribution in [0.5, 0.6) is 11.6 Å². The third-order valence-corrected chi connectivity index (χ3v) is 4.86. The van der Waals surface area contributed by atoms with Gasteiger partial charge in [-0.05, 0) is 12.6 Å². The van der Waals surface area contributed by atoms with Crippen molar-refractivity contribution in [3.05, 3.63) is 53.9 Å². The number of likely N-dealkylation sites (N-methyl/N-ethyl adjacent to an activating group) is 1. The van der Waals surface area contributed by atoms with E-state index in [0.717, 1.165) is 23.8 Å². The zero-order valence-electron chi connectivity index (χ0n) is 17.5. The van der Waals surface area contributed by atoms with E-state index in [1.807, 2.05) is 38.4 Å². The predicted octanol–water partition coefficient (Wildman–Crippen LogP) is 1.97. The van der Waals surface area contributed by atoms with Crippen molar-refractivity contribution >= 4 is 12.2 Å². The van der Waals surface area contributed by atoms with Gasteiger partial charge in [0.25, 0.3) is 5.88 Å². The lowest BCUT2D eigenvalue weighted by Crippen LogP contribution is -2.34. The van der Waals surface area contributed by atoms with E-state index in [1.54, 1.807) is 11.0 Å². The number of aryl methyl sites for hydroxylation is 1. The fraction of sp³-hybridized carbons (Fsp3) is 0.381. The first-order valence-corrected chi connectivity index (χ1v) is 10.2. The number of pyridine rings is 1. The molecule has 1 aliphatic heterocycles. The molecule has 0 fully saturated rings. The Balaban J connectivity index is 1.42. The maximum atomic E-state index is 14.5. The molecule has 2 aromatic heterocycles. The van der Waals surface area contributed by atoms with Crippen LogP contribution in [0.3, 0.4) is 0 Å². The Morgan fingerprint density at radius 1 is 1.35 bits per heavy atom. The number of ether oxygens (including phenoxy) is 2. The smallest absolute Gasteiger partial charge is 0.251 e. The van der Waals surface area contributed by atoms with E-state index in [2.05, 4.69) is 31.0 Å². The number of hydrogen-bond acceptors (Lipinski definition) is 8. The molecule has 0 radical (unpaired) electrons. The second-order valence-electron chi connectivity index (χ2n) is 7.17. The maximum Gasteiger partial charge on any atom is 0.251 e. The fourth-order valence-corrected chi connectivity index (χ4v) is 3.36. The summed E-state index contributed by atoms with van der Waals surface area (Å²) in [5.41, 5.74) is 1.00. The minimum absolute atomic E-state index is 0.0563. The van der Waals surface area contributed by atoms with Gasteiger partial charge in [0.2, 0.25) is 0 Å². The van der Waals surface area contributed by atoms with Crippen LogP contribution in [-0.4, -0.2) is 52.9 Å². The van der Waals surface area contributed by atoms with E-state index in [1.165, 1.54) is 12.3 Å². The van der Waals surface area contributed by atoms with Gasteiger partial charge in [0.1, 0.15) is 24.3 Å². The summed E-state index contributed by atoms with van der Waals surface area (Å²) in [4.78, 5) is 8.55. The van der Waals surface area contributed by atoms with Gasteiger partial charge in [-0.15, -0.1) is 0 Å². The Hall–Kier alpha value is -3.40. The number of nitrogens with one attached hydrogen (secondary N) is 3. The molecule has 2 atom stereocenters. The van der Waals surface area contributed by atoms with Crippen molar-refractivity contribution in [3.63, 3.8) is 0 Å². The molecule has 2 aliphatic rings. The summed E-state index contributed by atoms with van der Waals surface area (Å²) >= 11 is 0. The van der Waals surface area contributed by atoms with Crippen molar-refractivity contribution in [2.75, 3.05) is 25.0 Å². The molecule has 0 spiro atoms. The molecule has 3 heterocycles. The summed E-state index contributed by atoms with van der Waals surface area (Å²) in [6.07, 6.45) is 8.97. The Morgan fingerprint density at radius 3 is 3.03 bits per heavy atom.